The molecule has 0 aromatic rings. The van der Waals surface area contributed by atoms with Crippen molar-refractivity contribution in [2.45, 2.75) is 160 Å². The zero-order chi connectivity index (χ0) is 48.8. The predicted octanol–water partition coefficient (Wildman–Crippen LogP) is -3.02. The van der Waals surface area contributed by atoms with Crippen molar-refractivity contribution < 1.29 is 43.5 Å². The maximum Gasteiger partial charge on any atom is 0.325 e. The van der Waals surface area contributed by atoms with Gasteiger partial charge < -0.3 is 76.7 Å². The van der Waals surface area contributed by atoms with Gasteiger partial charge in [0.15, 0.2) is 5.96 Å². The molecule has 7 atom stereocenters. The maximum atomic E-state index is 14.0. The normalized spacial score (nSPS) is 14.4. The number of unbranched alkanes of at least 4 members (excludes halogenated alkanes) is 3. The van der Waals surface area contributed by atoms with Crippen LogP contribution in [0.25, 0.3) is 0 Å². The minimum Gasteiger partial charge on any atom is -0.480 e. The highest BCUT2D eigenvalue weighted by Gasteiger charge is 2.32. The van der Waals surface area contributed by atoms with Gasteiger partial charge in [0, 0.05) is 6.54 Å². The number of hydrogen-bond donors (Lipinski definition) is 14. The summed E-state index contributed by atoms with van der Waals surface area (Å²) in [5.74, 6) is -6.16. The molecule has 0 heterocycles. The lowest BCUT2D eigenvalue weighted by Gasteiger charge is -2.27. The first-order valence-electron chi connectivity index (χ1n) is 22.4. The number of rotatable bonds is 35. The van der Waals surface area contributed by atoms with Crippen molar-refractivity contribution in [1.29, 1.82) is 0 Å². The Balaban J connectivity index is 6.28. The highest BCUT2D eigenvalue weighted by molar-refractivity contribution is 5.97. The molecule has 0 fully saturated rings. The Labute approximate surface area is 377 Å². The van der Waals surface area contributed by atoms with E-state index in [1.165, 1.54) is 6.92 Å². The van der Waals surface area contributed by atoms with Gasteiger partial charge in [-0.05, 0) is 122 Å². The number of aliphatic carboxylic acids is 1. The lowest BCUT2D eigenvalue weighted by molar-refractivity contribution is -0.141. The van der Waals surface area contributed by atoms with E-state index < -0.39 is 96.2 Å². The fourth-order valence-corrected chi connectivity index (χ4v) is 6.38. The fraction of sp³-hybridized carbons (Fsp3) is 0.780. The van der Waals surface area contributed by atoms with Crippen molar-refractivity contribution in [2.75, 3.05) is 32.7 Å². The molecule has 0 unspecified atom stereocenters. The van der Waals surface area contributed by atoms with Gasteiger partial charge in [-0.25, -0.2) is 0 Å². The molecule has 0 aliphatic heterocycles. The van der Waals surface area contributed by atoms with E-state index in [9.17, 15) is 43.5 Å². The molecule has 23 nitrogen and oxygen atoms in total. The number of carbonyl (C=O) groups is 8. The van der Waals surface area contributed by atoms with Gasteiger partial charge >= 0.3 is 5.97 Å². The number of carbonyl (C=O) groups excluding carboxylic acids is 7. The van der Waals surface area contributed by atoms with Crippen LogP contribution in [0, 0.1) is 11.8 Å². The third kappa shape index (κ3) is 26.5. The van der Waals surface area contributed by atoms with Crippen LogP contribution in [0.15, 0.2) is 4.99 Å². The van der Waals surface area contributed by atoms with Crippen molar-refractivity contribution in [1.82, 2.24) is 37.2 Å². The zero-order valence-corrected chi connectivity index (χ0v) is 38.5. The van der Waals surface area contributed by atoms with Crippen molar-refractivity contribution in [3.05, 3.63) is 0 Å². The van der Waals surface area contributed by atoms with E-state index in [1.54, 1.807) is 0 Å². The summed E-state index contributed by atoms with van der Waals surface area (Å²) < 4.78 is 0. The Kier molecular flexibility index (Phi) is 30.7. The van der Waals surface area contributed by atoms with Crippen molar-refractivity contribution in [3.63, 3.8) is 0 Å². The predicted molar refractivity (Wildman–Crippen MR) is 243 cm³/mol. The van der Waals surface area contributed by atoms with Crippen LogP contribution >= 0.6 is 0 Å². The fourth-order valence-electron chi connectivity index (χ4n) is 6.38. The summed E-state index contributed by atoms with van der Waals surface area (Å²) in [5.41, 5.74) is 34.0. The molecule has 0 rings (SSSR count). The van der Waals surface area contributed by atoms with E-state index in [4.69, 9.17) is 34.4 Å². The molecule has 0 saturated carbocycles. The number of nitrogens with two attached hydrogens (primary N) is 6. The van der Waals surface area contributed by atoms with E-state index in [2.05, 4.69) is 42.2 Å². The Morgan fingerprint density at radius 2 is 0.891 bits per heavy atom. The van der Waals surface area contributed by atoms with Crippen LogP contribution in [0.3, 0.4) is 0 Å². The van der Waals surface area contributed by atoms with Gasteiger partial charge in [0.2, 0.25) is 41.4 Å². The molecule has 0 radical (unpaired) electrons. The van der Waals surface area contributed by atoms with Gasteiger partial charge in [-0.2, -0.15) is 0 Å². The zero-order valence-electron chi connectivity index (χ0n) is 38.5. The van der Waals surface area contributed by atoms with Crippen LogP contribution in [0.2, 0.25) is 0 Å². The topological polar surface area (TPSA) is 409 Å². The third-order valence-electron chi connectivity index (χ3n) is 9.89. The summed E-state index contributed by atoms with van der Waals surface area (Å²) in [6.45, 7) is 9.32. The van der Waals surface area contributed by atoms with E-state index in [0.717, 1.165) is 0 Å². The maximum absolute atomic E-state index is 14.0. The minimum atomic E-state index is -1.26. The van der Waals surface area contributed by atoms with Gasteiger partial charge in [-0.1, -0.05) is 27.7 Å². The molecule has 0 bridgehead atoms. The highest BCUT2D eigenvalue weighted by atomic mass is 16.4. The number of nitrogens with zero attached hydrogens (tertiary/aromatic N) is 1. The number of carboxylic acid groups (broad SMARTS) is 1. The first kappa shape index (κ1) is 58.9. The lowest BCUT2D eigenvalue weighted by Crippen LogP contribution is -2.59. The molecular formula is C41H80N14O9. The summed E-state index contributed by atoms with van der Waals surface area (Å²) in [6, 6.07) is -7.79. The molecule has 20 N–H and O–H groups in total. The number of aliphatic imine (C=N–C) groups is 1. The largest absolute Gasteiger partial charge is 0.480 e. The van der Waals surface area contributed by atoms with Gasteiger partial charge in [-0.3, -0.25) is 43.3 Å². The molecule has 23 heteroatoms. The Hall–Kier alpha value is -5.13. The number of hydrogen-bond acceptors (Lipinski definition) is 13. The van der Waals surface area contributed by atoms with E-state index >= 15 is 0 Å². The van der Waals surface area contributed by atoms with E-state index in [1.807, 2.05) is 27.7 Å². The van der Waals surface area contributed by atoms with Crippen LogP contribution in [-0.4, -0.2) is 133 Å². The van der Waals surface area contributed by atoms with Crippen molar-refractivity contribution in [3.8, 4) is 0 Å². The standard InChI is InChI=1S/C41H80N14O9/c1-24(2)21-27(45)34(57)52-31(16-12-20-48-41(46)47)38(61)53-29(14-7-10-18-43)37(60)54-30(15-8-11-19-44)39(62)55-32(22-25(3)4)35(58)49-23-33(56)51-28(13-6-9-17-42)36(59)50-26(5)40(63)64/h24-32H,6-23,42-45H2,1-5H3,(H,49,58)(H,50,59)(H,51,56)(H,52,57)(H,53,61)(H,54,60)(H,55,62)(H,63,64)(H4,46,47,48)/t26-,27-,28-,29-,30-,31-,32-/m0/s1. The van der Waals surface area contributed by atoms with Crippen LogP contribution in [0.4, 0.5) is 0 Å². The van der Waals surface area contributed by atoms with Crippen LogP contribution < -0.4 is 71.6 Å². The number of amides is 7. The highest BCUT2D eigenvalue weighted by Crippen LogP contribution is 2.11. The summed E-state index contributed by atoms with van der Waals surface area (Å²) in [4.78, 5) is 109. The number of guanidine groups is 1. The summed E-state index contributed by atoms with van der Waals surface area (Å²) in [6.07, 6.45) is 4.28. The Bertz CT molecular complexity index is 1500. The van der Waals surface area contributed by atoms with Crippen LogP contribution in [0.5, 0.6) is 0 Å². The molecule has 64 heavy (non-hydrogen) atoms. The van der Waals surface area contributed by atoms with Crippen LogP contribution in [0.1, 0.15) is 118 Å². The van der Waals surface area contributed by atoms with E-state index in [-0.39, 0.29) is 56.4 Å². The third-order valence-corrected chi connectivity index (χ3v) is 9.89. The second-order valence-electron chi connectivity index (χ2n) is 16.8. The van der Waals surface area contributed by atoms with Gasteiger partial charge in [0.1, 0.15) is 36.3 Å². The average molecular weight is 913 g/mol. The summed E-state index contributed by atoms with van der Waals surface area (Å²) in [5, 5.41) is 27.5. The van der Waals surface area contributed by atoms with Gasteiger partial charge in [-0.15, -0.1) is 0 Å². The molecule has 0 saturated heterocycles. The SMILES string of the molecule is CC(C)C[C@H](NC(=O)[C@H](CCCCN)NC(=O)[C@H](CCCCN)NC(=O)[C@H](CCCN=C(N)N)NC(=O)[C@@H](N)CC(C)C)C(=O)NCC(=O)N[C@@H](CCCCN)C(=O)N[C@@H](C)C(=O)O. The van der Waals surface area contributed by atoms with E-state index in [0.29, 0.717) is 71.0 Å². The molecule has 0 aliphatic rings. The average Bonchev–Trinajstić information content (AvgIpc) is 3.21. The minimum absolute atomic E-state index is 0.108. The quantitative estimate of drug-likeness (QED) is 0.0171. The van der Waals surface area contributed by atoms with Crippen LogP contribution in [-0.2, 0) is 38.4 Å². The molecule has 0 aromatic carbocycles. The molecule has 0 aromatic heterocycles. The first-order valence-corrected chi connectivity index (χ1v) is 22.4. The van der Waals surface area contributed by atoms with Gasteiger partial charge in [0.25, 0.3) is 0 Å². The van der Waals surface area contributed by atoms with Crippen molar-refractivity contribution >= 4 is 53.3 Å². The molecule has 368 valence electrons. The molecule has 7 amide bonds. The molecule has 0 spiro atoms. The van der Waals surface area contributed by atoms with Crippen molar-refractivity contribution in [2.24, 2.45) is 51.2 Å². The number of nitrogens with one attached hydrogen (secondary N) is 7. The smallest absolute Gasteiger partial charge is 0.325 e. The summed E-state index contributed by atoms with van der Waals surface area (Å²) >= 11 is 0. The molecule has 0 aliphatic carbocycles. The summed E-state index contributed by atoms with van der Waals surface area (Å²) in [7, 11) is 0. The van der Waals surface area contributed by atoms with Gasteiger partial charge in [0.05, 0.1) is 12.6 Å². The lowest BCUT2D eigenvalue weighted by atomic mass is 10.0. The first-order chi connectivity index (χ1) is 30.2. The Morgan fingerprint density at radius 1 is 0.500 bits per heavy atom. The second kappa shape index (κ2) is 33.4. The Morgan fingerprint density at radius 3 is 1.30 bits per heavy atom. The number of carboxylic acids is 1. The molecular weight excluding hydrogens is 833 g/mol. The second-order valence-corrected chi connectivity index (χ2v) is 16.8. The monoisotopic (exact) mass is 913 g/mol.